The van der Waals surface area contributed by atoms with Gasteiger partial charge in [-0.15, -0.1) is 0 Å². The van der Waals surface area contributed by atoms with Gasteiger partial charge >= 0.3 is 12.0 Å². The molecule has 1 rings (SSSR count). The van der Waals surface area contributed by atoms with Gasteiger partial charge in [0.2, 0.25) is 0 Å². The average molecular weight is 237 g/mol. The summed E-state index contributed by atoms with van der Waals surface area (Å²) in [5, 5.41) is 13.4. The maximum Gasteiger partial charge on any atom is 0.315 e. The van der Waals surface area contributed by atoms with Crippen molar-refractivity contribution in [2.45, 2.75) is 13.0 Å². The largest absolute Gasteiger partial charge is 0.481 e. The minimum atomic E-state index is -0.941. The fraction of sp³-hybridized carbons (Fsp3) is 0.273. The number of amides is 2. The molecule has 6 nitrogen and oxygen atoms in total. The average Bonchev–Trinajstić information content (AvgIpc) is 2.28. The first-order chi connectivity index (χ1) is 8.08. The first kappa shape index (κ1) is 12.8. The Hall–Kier alpha value is -2.24. The Labute approximate surface area is 98.8 Å². The Kier molecular flexibility index (Phi) is 4.80. The molecule has 5 N–H and O–H groups in total. The van der Waals surface area contributed by atoms with Gasteiger partial charge in [-0.2, -0.15) is 0 Å². The van der Waals surface area contributed by atoms with E-state index in [1.807, 2.05) is 12.1 Å². The van der Waals surface area contributed by atoms with E-state index < -0.39 is 5.97 Å². The molecule has 17 heavy (non-hydrogen) atoms. The van der Waals surface area contributed by atoms with Crippen molar-refractivity contribution in [3.05, 3.63) is 29.8 Å². The number of rotatable bonds is 5. The maximum absolute atomic E-state index is 11.2. The van der Waals surface area contributed by atoms with Crippen LogP contribution >= 0.6 is 0 Å². The van der Waals surface area contributed by atoms with Crippen molar-refractivity contribution in [1.29, 1.82) is 0 Å². The molecule has 6 heteroatoms. The van der Waals surface area contributed by atoms with E-state index in [-0.39, 0.29) is 19.0 Å². The first-order valence-corrected chi connectivity index (χ1v) is 5.16. The van der Waals surface area contributed by atoms with Crippen molar-refractivity contribution >= 4 is 17.7 Å². The minimum absolute atomic E-state index is 0.0880. The van der Waals surface area contributed by atoms with Crippen LogP contribution in [0, 0.1) is 0 Å². The number of carbonyl (C=O) groups is 2. The number of carboxylic acids is 1. The summed E-state index contributed by atoms with van der Waals surface area (Å²) in [5.74, 6) is -0.941. The van der Waals surface area contributed by atoms with Crippen molar-refractivity contribution in [3.63, 3.8) is 0 Å². The lowest BCUT2D eigenvalue weighted by atomic mass is 10.2. The van der Waals surface area contributed by atoms with Gasteiger partial charge in [0.05, 0.1) is 6.42 Å². The van der Waals surface area contributed by atoms with Gasteiger partial charge in [0.1, 0.15) is 0 Å². The fourth-order valence-electron chi connectivity index (χ4n) is 1.16. The zero-order valence-corrected chi connectivity index (χ0v) is 9.27. The summed E-state index contributed by atoms with van der Waals surface area (Å²) in [4.78, 5) is 21.4. The molecule has 2 amide bonds. The van der Waals surface area contributed by atoms with E-state index in [1.165, 1.54) is 0 Å². The Morgan fingerprint density at radius 1 is 1.18 bits per heavy atom. The number of benzene rings is 1. The zero-order valence-electron chi connectivity index (χ0n) is 9.27. The Morgan fingerprint density at radius 3 is 2.41 bits per heavy atom. The molecule has 1 aromatic rings. The first-order valence-electron chi connectivity index (χ1n) is 5.16. The second-order valence-electron chi connectivity index (χ2n) is 3.49. The van der Waals surface area contributed by atoms with Crippen LogP contribution in [-0.4, -0.2) is 23.7 Å². The monoisotopic (exact) mass is 237 g/mol. The van der Waals surface area contributed by atoms with Crippen LogP contribution < -0.4 is 16.4 Å². The van der Waals surface area contributed by atoms with Gasteiger partial charge in [0, 0.05) is 18.8 Å². The molecule has 0 spiro atoms. The Morgan fingerprint density at radius 2 is 1.82 bits per heavy atom. The molecule has 0 saturated heterocycles. The summed E-state index contributed by atoms with van der Waals surface area (Å²) in [6.07, 6.45) is -0.0880. The normalized spacial score (nSPS) is 9.65. The number of aliphatic carboxylic acids is 1. The smallest absolute Gasteiger partial charge is 0.315 e. The maximum atomic E-state index is 11.2. The second-order valence-corrected chi connectivity index (χ2v) is 3.49. The van der Waals surface area contributed by atoms with Crippen LogP contribution in [0.25, 0.3) is 0 Å². The van der Waals surface area contributed by atoms with E-state index in [1.54, 1.807) is 12.1 Å². The van der Waals surface area contributed by atoms with Crippen LogP contribution in [0.2, 0.25) is 0 Å². The highest BCUT2D eigenvalue weighted by Crippen LogP contribution is 2.04. The van der Waals surface area contributed by atoms with Crippen LogP contribution in [-0.2, 0) is 11.3 Å². The number of carboxylic acid groups (broad SMARTS) is 1. The molecular formula is C11H15N3O3. The molecule has 0 radical (unpaired) electrons. The number of carbonyl (C=O) groups excluding carboxylic acids is 1. The van der Waals surface area contributed by atoms with Crippen molar-refractivity contribution in [2.75, 3.05) is 12.3 Å². The molecule has 0 aliphatic heterocycles. The lowest BCUT2D eigenvalue weighted by Crippen LogP contribution is -2.36. The molecule has 92 valence electrons. The predicted molar refractivity (Wildman–Crippen MR) is 63.3 cm³/mol. The van der Waals surface area contributed by atoms with Crippen molar-refractivity contribution in [1.82, 2.24) is 10.6 Å². The van der Waals surface area contributed by atoms with E-state index in [0.29, 0.717) is 12.2 Å². The highest BCUT2D eigenvalue weighted by atomic mass is 16.4. The molecule has 0 aliphatic carbocycles. The number of anilines is 1. The summed E-state index contributed by atoms with van der Waals surface area (Å²) in [7, 11) is 0. The van der Waals surface area contributed by atoms with Crippen molar-refractivity contribution in [2.24, 2.45) is 0 Å². The van der Waals surface area contributed by atoms with Gasteiger partial charge in [-0.3, -0.25) is 4.79 Å². The standard InChI is InChI=1S/C11H15N3O3/c12-9-3-1-8(2-4-9)7-14-11(17)13-6-5-10(15)16/h1-4H,5-7,12H2,(H,15,16)(H2,13,14,17). The number of hydrogen-bond donors (Lipinski definition) is 4. The highest BCUT2D eigenvalue weighted by molar-refractivity contribution is 5.74. The van der Waals surface area contributed by atoms with E-state index >= 15 is 0 Å². The number of nitrogen functional groups attached to an aromatic ring is 1. The fourth-order valence-corrected chi connectivity index (χ4v) is 1.16. The minimum Gasteiger partial charge on any atom is -0.481 e. The van der Waals surface area contributed by atoms with Crippen LogP contribution in [0.4, 0.5) is 10.5 Å². The third-order valence-electron chi connectivity index (χ3n) is 2.06. The van der Waals surface area contributed by atoms with E-state index in [9.17, 15) is 9.59 Å². The number of nitrogens with one attached hydrogen (secondary N) is 2. The van der Waals surface area contributed by atoms with Gasteiger partial charge < -0.3 is 21.5 Å². The topological polar surface area (TPSA) is 104 Å². The van der Waals surface area contributed by atoms with Crippen molar-refractivity contribution in [3.8, 4) is 0 Å². The third kappa shape index (κ3) is 5.41. The molecule has 0 bridgehead atoms. The number of nitrogens with two attached hydrogens (primary N) is 1. The van der Waals surface area contributed by atoms with Crippen LogP contribution in [0.1, 0.15) is 12.0 Å². The molecule has 0 aromatic heterocycles. The molecule has 0 heterocycles. The van der Waals surface area contributed by atoms with Gasteiger partial charge in [-0.1, -0.05) is 12.1 Å². The summed E-state index contributed by atoms with van der Waals surface area (Å²) in [5.41, 5.74) is 7.11. The molecule has 0 atom stereocenters. The van der Waals surface area contributed by atoms with Gasteiger partial charge in [-0.25, -0.2) is 4.79 Å². The summed E-state index contributed by atoms with van der Waals surface area (Å²) in [6, 6.07) is 6.74. The van der Waals surface area contributed by atoms with Crippen molar-refractivity contribution < 1.29 is 14.7 Å². The Balaban J connectivity index is 2.23. The molecule has 0 aliphatic rings. The quantitative estimate of drug-likeness (QED) is 0.561. The SMILES string of the molecule is Nc1ccc(CNC(=O)NCCC(=O)O)cc1. The van der Waals surface area contributed by atoms with Crippen LogP contribution in [0.15, 0.2) is 24.3 Å². The van der Waals surface area contributed by atoms with Gasteiger partial charge in [-0.05, 0) is 17.7 Å². The Bertz CT molecular complexity index is 389. The van der Waals surface area contributed by atoms with Gasteiger partial charge in [0.15, 0.2) is 0 Å². The highest BCUT2D eigenvalue weighted by Gasteiger charge is 2.01. The second kappa shape index (κ2) is 6.37. The lowest BCUT2D eigenvalue weighted by molar-refractivity contribution is -0.136. The molecular weight excluding hydrogens is 222 g/mol. The zero-order chi connectivity index (χ0) is 12.7. The van der Waals surface area contributed by atoms with Gasteiger partial charge in [0.25, 0.3) is 0 Å². The van der Waals surface area contributed by atoms with E-state index in [0.717, 1.165) is 5.56 Å². The summed E-state index contributed by atoms with van der Waals surface area (Å²) in [6.45, 7) is 0.488. The lowest BCUT2D eigenvalue weighted by Gasteiger charge is -2.06. The molecule has 0 saturated carbocycles. The van der Waals surface area contributed by atoms with E-state index in [4.69, 9.17) is 10.8 Å². The third-order valence-corrected chi connectivity index (χ3v) is 2.06. The number of urea groups is 1. The van der Waals surface area contributed by atoms with Crippen LogP contribution in [0.5, 0.6) is 0 Å². The summed E-state index contributed by atoms with van der Waals surface area (Å²) < 4.78 is 0. The summed E-state index contributed by atoms with van der Waals surface area (Å²) >= 11 is 0. The predicted octanol–water partition coefficient (Wildman–Crippen LogP) is 0.543. The van der Waals surface area contributed by atoms with Crippen LogP contribution in [0.3, 0.4) is 0 Å². The molecule has 1 aromatic carbocycles. The molecule has 0 unspecified atom stereocenters. The number of hydrogen-bond acceptors (Lipinski definition) is 3. The van der Waals surface area contributed by atoms with E-state index in [2.05, 4.69) is 10.6 Å². The molecule has 0 fully saturated rings.